The van der Waals surface area contributed by atoms with E-state index in [1.165, 1.54) is 114 Å². The molecule has 0 aliphatic carbocycles. The zero-order valence-corrected chi connectivity index (χ0v) is 20.3. The van der Waals surface area contributed by atoms with Crippen molar-refractivity contribution < 1.29 is 26.7 Å². The van der Waals surface area contributed by atoms with Crippen molar-refractivity contribution >= 4 is 0 Å². The van der Waals surface area contributed by atoms with Crippen molar-refractivity contribution in [1.82, 2.24) is 0 Å². The van der Waals surface area contributed by atoms with Crippen LogP contribution in [0.4, 0.5) is 0 Å². The average Bonchev–Trinajstić information content (AvgIpc) is 2.66. The standard InChI is InChI=1S/C24H52NO2.ClH/c1-4-25(2,3)21-19-17-15-13-11-9-7-5-6-8-10-12-14-16-18-20-23-27-24-22-26;/h26H,4-24H2,1-3H3;1H/q+1;/p-1. The fraction of sp³-hybridized carbons (Fsp3) is 1.00. The van der Waals surface area contributed by atoms with E-state index in [0.29, 0.717) is 6.61 Å². The number of halogens is 1. The Balaban J connectivity index is 0. The molecule has 0 unspecified atom stereocenters. The minimum Gasteiger partial charge on any atom is -1.00 e. The number of unbranched alkanes of at least 4 members (excludes halogenated alkanes) is 15. The van der Waals surface area contributed by atoms with Gasteiger partial charge in [0, 0.05) is 6.61 Å². The van der Waals surface area contributed by atoms with Crippen LogP contribution in [0.25, 0.3) is 0 Å². The predicted octanol–water partition coefficient (Wildman–Crippen LogP) is 3.34. The fourth-order valence-corrected chi connectivity index (χ4v) is 3.54. The lowest BCUT2D eigenvalue weighted by atomic mass is 10.0. The summed E-state index contributed by atoms with van der Waals surface area (Å²) in [5.74, 6) is 0. The summed E-state index contributed by atoms with van der Waals surface area (Å²) in [7, 11) is 4.69. The SMILES string of the molecule is CC[N+](C)(C)CCCCCCCCCCCCCCCCCCOCCO.[Cl-]. The molecule has 0 aliphatic rings. The molecule has 172 valence electrons. The second-order valence-electron chi connectivity index (χ2n) is 8.97. The highest BCUT2D eigenvalue weighted by Gasteiger charge is 2.09. The molecule has 0 aliphatic heterocycles. The molecule has 0 saturated carbocycles. The maximum atomic E-state index is 8.61. The minimum absolute atomic E-state index is 0. The zero-order valence-electron chi connectivity index (χ0n) is 19.5. The van der Waals surface area contributed by atoms with Crippen molar-refractivity contribution in [2.45, 2.75) is 110 Å². The van der Waals surface area contributed by atoms with Crippen LogP contribution >= 0.6 is 0 Å². The van der Waals surface area contributed by atoms with E-state index in [9.17, 15) is 0 Å². The van der Waals surface area contributed by atoms with E-state index in [4.69, 9.17) is 9.84 Å². The molecule has 0 aromatic carbocycles. The van der Waals surface area contributed by atoms with Crippen LogP contribution in [0.15, 0.2) is 0 Å². The van der Waals surface area contributed by atoms with Gasteiger partial charge >= 0.3 is 0 Å². The van der Waals surface area contributed by atoms with Crippen LogP contribution in [0.5, 0.6) is 0 Å². The second kappa shape index (κ2) is 23.4. The molecule has 0 heterocycles. The van der Waals surface area contributed by atoms with Gasteiger partial charge in [-0.05, 0) is 26.2 Å². The van der Waals surface area contributed by atoms with E-state index >= 15 is 0 Å². The lowest BCUT2D eigenvalue weighted by molar-refractivity contribution is -0.888. The van der Waals surface area contributed by atoms with Gasteiger partial charge in [-0.2, -0.15) is 0 Å². The van der Waals surface area contributed by atoms with Crippen LogP contribution in [-0.4, -0.2) is 56.6 Å². The first kappa shape index (κ1) is 30.4. The van der Waals surface area contributed by atoms with Gasteiger partial charge in [0.05, 0.1) is 40.4 Å². The van der Waals surface area contributed by atoms with Gasteiger partial charge in [-0.1, -0.05) is 83.5 Å². The monoisotopic (exact) mass is 421 g/mol. The van der Waals surface area contributed by atoms with Crippen molar-refractivity contribution in [2.24, 2.45) is 0 Å². The molecular weight excluding hydrogens is 370 g/mol. The molecule has 0 rings (SSSR count). The van der Waals surface area contributed by atoms with Crippen molar-refractivity contribution in [3.05, 3.63) is 0 Å². The van der Waals surface area contributed by atoms with Gasteiger partial charge in [0.15, 0.2) is 0 Å². The number of rotatable bonds is 22. The molecule has 0 fully saturated rings. The first-order valence-corrected chi connectivity index (χ1v) is 12.1. The molecule has 0 saturated heterocycles. The van der Waals surface area contributed by atoms with Crippen molar-refractivity contribution in [2.75, 3.05) is 47.0 Å². The summed E-state index contributed by atoms with van der Waals surface area (Å²) in [5, 5.41) is 8.61. The predicted molar refractivity (Wildman–Crippen MR) is 119 cm³/mol. The minimum atomic E-state index is 0. The van der Waals surface area contributed by atoms with Gasteiger partial charge in [-0.15, -0.1) is 0 Å². The highest BCUT2D eigenvalue weighted by Crippen LogP contribution is 2.14. The Bertz CT molecular complexity index is 288. The molecule has 0 aromatic rings. The molecule has 0 amide bonds. The molecular formula is C24H52ClNO2. The van der Waals surface area contributed by atoms with Gasteiger partial charge in [0.1, 0.15) is 0 Å². The third-order valence-electron chi connectivity index (χ3n) is 5.89. The Kier molecular flexibility index (Phi) is 25.4. The van der Waals surface area contributed by atoms with Crippen LogP contribution in [0.1, 0.15) is 110 Å². The number of aliphatic hydroxyl groups excluding tert-OH is 1. The van der Waals surface area contributed by atoms with Crippen molar-refractivity contribution in [1.29, 1.82) is 0 Å². The highest BCUT2D eigenvalue weighted by atomic mass is 35.5. The summed E-state index contributed by atoms with van der Waals surface area (Å²) < 4.78 is 6.45. The second-order valence-corrected chi connectivity index (χ2v) is 8.97. The third kappa shape index (κ3) is 24.2. The summed E-state index contributed by atoms with van der Waals surface area (Å²) in [6.07, 6.45) is 22.4. The maximum absolute atomic E-state index is 8.61. The zero-order chi connectivity index (χ0) is 20.1. The lowest BCUT2D eigenvalue weighted by Gasteiger charge is -2.28. The van der Waals surface area contributed by atoms with E-state index in [1.807, 2.05) is 0 Å². The van der Waals surface area contributed by atoms with Gasteiger partial charge in [0.25, 0.3) is 0 Å². The smallest absolute Gasteiger partial charge is 0.0782 e. The summed E-state index contributed by atoms with van der Waals surface area (Å²) in [6, 6.07) is 0. The van der Waals surface area contributed by atoms with Crippen LogP contribution in [0.2, 0.25) is 0 Å². The number of ether oxygens (including phenoxy) is 1. The van der Waals surface area contributed by atoms with E-state index in [-0.39, 0.29) is 19.0 Å². The van der Waals surface area contributed by atoms with Crippen LogP contribution < -0.4 is 12.4 Å². The maximum Gasteiger partial charge on any atom is 0.0782 e. The Labute approximate surface area is 183 Å². The van der Waals surface area contributed by atoms with E-state index in [0.717, 1.165) is 13.0 Å². The first-order valence-electron chi connectivity index (χ1n) is 12.1. The molecule has 28 heavy (non-hydrogen) atoms. The Hall–Kier alpha value is 0.170. The number of quaternary nitrogens is 1. The largest absolute Gasteiger partial charge is 1.00 e. The number of nitrogens with zero attached hydrogens (tertiary/aromatic N) is 1. The number of hydrogen-bond acceptors (Lipinski definition) is 2. The number of aliphatic hydroxyl groups is 1. The Morgan fingerprint density at radius 1 is 0.571 bits per heavy atom. The van der Waals surface area contributed by atoms with Gasteiger partial charge in [-0.3, -0.25) is 0 Å². The van der Waals surface area contributed by atoms with Gasteiger partial charge in [-0.25, -0.2) is 0 Å². The van der Waals surface area contributed by atoms with E-state index in [2.05, 4.69) is 21.0 Å². The molecule has 0 atom stereocenters. The molecule has 4 heteroatoms. The normalized spacial score (nSPS) is 11.6. The van der Waals surface area contributed by atoms with E-state index < -0.39 is 0 Å². The highest BCUT2D eigenvalue weighted by molar-refractivity contribution is 4.50. The fourth-order valence-electron chi connectivity index (χ4n) is 3.54. The van der Waals surface area contributed by atoms with Crippen LogP contribution in [-0.2, 0) is 4.74 Å². The summed E-state index contributed by atoms with van der Waals surface area (Å²) >= 11 is 0. The quantitative estimate of drug-likeness (QED) is 0.214. The summed E-state index contributed by atoms with van der Waals surface area (Å²) in [4.78, 5) is 0. The molecule has 0 aromatic heterocycles. The van der Waals surface area contributed by atoms with Crippen molar-refractivity contribution in [3.63, 3.8) is 0 Å². The summed E-state index contributed by atoms with van der Waals surface area (Å²) in [6.45, 7) is 6.35. The van der Waals surface area contributed by atoms with E-state index in [1.54, 1.807) is 0 Å². The molecule has 3 nitrogen and oxygen atoms in total. The molecule has 0 radical (unpaired) electrons. The lowest BCUT2D eigenvalue weighted by Crippen LogP contribution is -3.00. The van der Waals surface area contributed by atoms with Gasteiger partial charge < -0.3 is 26.7 Å². The van der Waals surface area contributed by atoms with Crippen LogP contribution in [0.3, 0.4) is 0 Å². The number of hydrogen-bond donors (Lipinski definition) is 1. The average molecular weight is 422 g/mol. The summed E-state index contributed by atoms with van der Waals surface area (Å²) in [5.41, 5.74) is 0. The van der Waals surface area contributed by atoms with Gasteiger partial charge in [0.2, 0.25) is 0 Å². The van der Waals surface area contributed by atoms with Crippen molar-refractivity contribution in [3.8, 4) is 0 Å². The topological polar surface area (TPSA) is 29.5 Å². The molecule has 0 bridgehead atoms. The molecule has 0 spiro atoms. The van der Waals surface area contributed by atoms with Crippen LogP contribution in [0, 0.1) is 0 Å². The Morgan fingerprint density at radius 2 is 0.929 bits per heavy atom. The Morgan fingerprint density at radius 3 is 1.29 bits per heavy atom. The third-order valence-corrected chi connectivity index (χ3v) is 5.89. The molecule has 1 N–H and O–H groups in total. The first-order chi connectivity index (χ1) is 13.1.